The van der Waals surface area contributed by atoms with Crippen molar-refractivity contribution in [1.82, 2.24) is 5.32 Å². The number of nitrogens with one attached hydrogen (secondary N) is 1. The van der Waals surface area contributed by atoms with E-state index in [9.17, 15) is 61.0 Å². The highest BCUT2D eigenvalue weighted by molar-refractivity contribution is 5.76. The highest BCUT2D eigenvalue weighted by Crippen LogP contribution is 2.33. The van der Waals surface area contributed by atoms with Gasteiger partial charge in [-0.3, -0.25) is 4.79 Å². The number of unbranched alkanes of at least 4 members (excludes halogenated alkanes) is 38. The molecule has 17 unspecified atom stereocenters. The van der Waals surface area contributed by atoms with Crippen molar-refractivity contribution in [3.8, 4) is 0 Å². The minimum absolute atomic E-state index is 0.237. The Balaban J connectivity index is 1.43. The Morgan fingerprint density at radius 3 is 1.09 bits per heavy atom. The number of allylic oxidation sites excluding steroid dienone is 5. The van der Waals surface area contributed by atoms with Gasteiger partial charge in [0.2, 0.25) is 5.91 Å². The van der Waals surface area contributed by atoms with E-state index in [2.05, 4.69) is 43.5 Å². The zero-order valence-corrected chi connectivity index (χ0v) is 57.3. The standard InChI is InChI=1S/C73H135NO18/c1-3-5-7-9-11-13-15-17-19-21-23-25-27-28-29-31-33-35-37-39-41-43-45-47-49-51-61(79)74-56(57(78)50-48-46-44-42-40-38-36-34-32-30-26-24-22-20-18-16-14-12-10-8-6-4-2)55-87-71-67(85)64(82)69(59(53-76)89-71)92-73-68(86)65(83)70(60(54-77)90-73)91-72-66(84)63(81)62(80)58(52-75)88-72/h21,23,40,42,48,50,56-60,62-73,75-78,80-86H,3-20,22,24-39,41,43-47,49,51-55H2,1-2H3,(H,74,79)/b23-21-,42-40+,50-48+. The summed E-state index contributed by atoms with van der Waals surface area (Å²) in [5, 5.41) is 121. The summed E-state index contributed by atoms with van der Waals surface area (Å²) < 4.78 is 34.4. The Hall–Kier alpha value is -1.99. The van der Waals surface area contributed by atoms with Crippen LogP contribution in [0.2, 0.25) is 0 Å². The molecule has 3 heterocycles. The van der Waals surface area contributed by atoms with Crippen molar-refractivity contribution in [1.29, 1.82) is 0 Å². The van der Waals surface area contributed by atoms with E-state index >= 15 is 0 Å². The summed E-state index contributed by atoms with van der Waals surface area (Å²) >= 11 is 0. The van der Waals surface area contributed by atoms with Gasteiger partial charge < -0.3 is 89.9 Å². The number of aliphatic hydroxyl groups is 11. The molecule has 3 rings (SSSR count). The monoisotopic (exact) mass is 1310 g/mol. The molecule has 0 aromatic heterocycles. The number of carbonyl (C=O) groups excluding carboxylic acids is 1. The number of hydrogen-bond acceptors (Lipinski definition) is 18. The van der Waals surface area contributed by atoms with Crippen LogP contribution in [0.1, 0.15) is 290 Å². The van der Waals surface area contributed by atoms with E-state index in [1.165, 1.54) is 218 Å². The van der Waals surface area contributed by atoms with E-state index in [4.69, 9.17) is 28.4 Å². The maximum absolute atomic E-state index is 13.4. The molecule has 17 atom stereocenters. The van der Waals surface area contributed by atoms with E-state index in [1.807, 2.05) is 6.08 Å². The largest absolute Gasteiger partial charge is 0.394 e. The van der Waals surface area contributed by atoms with Crippen LogP contribution in [0.4, 0.5) is 0 Å². The molecule has 540 valence electrons. The minimum atomic E-state index is -1.98. The van der Waals surface area contributed by atoms with Crippen LogP contribution in [0.25, 0.3) is 0 Å². The molecule has 1 amide bonds. The summed E-state index contributed by atoms with van der Waals surface area (Å²) in [7, 11) is 0. The summed E-state index contributed by atoms with van der Waals surface area (Å²) in [5.41, 5.74) is 0. The average molecular weight is 1310 g/mol. The van der Waals surface area contributed by atoms with Crippen molar-refractivity contribution in [3.63, 3.8) is 0 Å². The molecular weight excluding hydrogens is 1180 g/mol. The lowest BCUT2D eigenvalue weighted by Gasteiger charge is -2.48. The van der Waals surface area contributed by atoms with Crippen molar-refractivity contribution in [2.24, 2.45) is 0 Å². The number of amides is 1. The third-order valence-corrected chi connectivity index (χ3v) is 18.7. The third kappa shape index (κ3) is 36.0. The molecule has 0 saturated carbocycles. The molecule has 0 aliphatic carbocycles. The van der Waals surface area contributed by atoms with Crippen molar-refractivity contribution < 1.29 is 89.4 Å². The number of rotatable bonds is 58. The van der Waals surface area contributed by atoms with Crippen molar-refractivity contribution >= 4 is 5.91 Å². The van der Waals surface area contributed by atoms with Gasteiger partial charge in [0, 0.05) is 6.42 Å². The predicted octanol–water partition coefficient (Wildman–Crippen LogP) is 10.8. The molecule has 0 bridgehead atoms. The summed E-state index contributed by atoms with van der Waals surface area (Å²) in [6, 6.07) is -0.990. The Morgan fingerprint density at radius 1 is 0.380 bits per heavy atom. The SMILES string of the molecule is CCCCCCCCCC/C=C\CCCCCCCCCCCCCCCC(=O)NC(COC1OC(CO)C(OC2OC(CO)C(OC3OC(CO)C(O)C(O)C3O)C(O)C2O)C(O)C1O)C(O)/C=C/CC/C=C/CCCCCCCCCCCCCCCCCC. The second-order valence-corrected chi connectivity index (χ2v) is 26.7. The molecule has 0 aromatic carbocycles. The topological polar surface area (TPSA) is 307 Å². The van der Waals surface area contributed by atoms with Crippen LogP contribution in [0.15, 0.2) is 36.5 Å². The van der Waals surface area contributed by atoms with E-state index in [0.29, 0.717) is 12.8 Å². The average Bonchev–Trinajstić information content (AvgIpc) is 0.837. The van der Waals surface area contributed by atoms with Crippen LogP contribution in [0.5, 0.6) is 0 Å². The first-order valence-electron chi connectivity index (χ1n) is 37.2. The molecule has 3 aliphatic rings. The smallest absolute Gasteiger partial charge is 0.220 e. The number of aliphatic hydroxyl groups excluding tert-OH is 11. The molecule has 19 heteroatoms. The van der Waals surface area contributed by atoms with Gasteiger partial charge in [0.1, 0.15) is 73.2 Å². The summed E-state index contributed by atoms with van der Waals surface area (Å²) in [6.45, 7) is 1.75. The first-order chi connectivity index (χ1) is 44.8. The van der Waals surface area contributed by atoms with Crippen LogP contribution in [-0.2, 0) is 33.2 Å². The Labute approximate surface area is 555 Å². The minimum Gasteiger partial charge on any atom is -0.394 e. The van der Waals surface area contributed by atoms with E-state index < -0.39 is 124 Å². The van der Waals surface area contributed by atoms with Gasteiger partial charge >= 0.3 is 0 Å². The molecule has 0 spiro atoms. The van der Waals surface area contributed by atoms with Gasteiger partial charge in [-0.15, -0.1) is 0 Å². The lowest BCUT2D eigenvalue weighted by atomic mass is 9.96. The lowest BCUT2D eigenvalue weighted by Crippen LogP contribution is -2.66. The van der Waals surface area contributed by atoms with Crippen LogP contribution >= 0.6 is 0 Å². The Morgan fingerprint density at radius 2 is 0.696 bits per heavy atom. The normalized spacial score (nSPS) is 27.9. The van der Waals surface area contributed by atoms with Gasteiger partial charge in [-0.2, -0.15) is 0 Å². The molecule has 19 nitrogen and oxygen atoms in total. The van der Waals surface area contributed by atoms with Gasteiger partial charge in [0.25, 0.3) is 0 Å². The fraction of sp³-hybridized carbons (Fsp3) is 0.904. The van der Waals surface area contributed by atoms with Gasteiger partial charge in [0.15, 0.2) is 18.9 Å². The summed E-state index contributed by atoms with van der Waals surface area (Å²) in [4.78, 5) is 13.4. The second kappa shape index (κ2) is 55.0. The van der Waals surface area contributed by atoms with Crippen LogP contribution in [-0.4, -0.2) is 193 Å². The molecule has 3 fully saturated rings. The molecule has 3 saturated heterocycles. The first kappa shape index (κ1) is 84.2. The maximum atomic E-state index is 13.4. The fourth-order valence-electron chi connectivity index (χ4n) is 12.6. The van der Waals surface area contributed by atoms with E-state index in [0.717, 1.165) is 38.5 Å². The Bertz CT molecular complexity index is 1810. The highest BCUT2D eigenvalue weighted by atomic mass is 16.8. The van der Waals surface area contributed by atoms with Crippen molar-refractivity contribution in [2.75, 3.05) is 26.4 Å². The van der Waals surface area contributed by atoms with Crippen LogP contribution in [0, 0.1) is 0 Å². The summed E-state index contributed by atoms with van der Waals surface area (Å²) in [5.74, 6) is -0.282. The first-order valence-corrected chi connectivity index (χ1v) is 37.2. The highest BCUT2D eigenvalue weighted by Gasteiger charge is 2.53. The van der Waals surface area contributed by atoms with Crippen LogP contribution in [0.3, 0.4) is 0 Å². The lowest BCUT2D eigenvalue weighted by molar-refractivity contribution is -0.379. The fourth-order valence-corrected chi connectivity index (χ4v) is 12.6. The summed E-state index contributed by atoms with van der Waals surface area (Å²) in [6.07, 6.45) is 38.4. The van der Waals surface area contributed by atoms with Gasteiger partial charge in [-0.05, 0) is 57.8 Å². The van der Waals surface area contributed by atoms with Crippen molar-refractivity contribution in [2.45, 2.75) is 394 Å². The maximum Gasteiger partial charge on any atom is 0.220 e. The Kier molecular flexibility index (Phi) is 50.3. The molecule has 3 aliphatic heterocycles. The molecular formula is C73H135NO18. The molecule has 0 radical (unpaired) electrons. The number of carbonyl (C=O) groups is 1. The van der Waals surface area contributed by atoms with Gasteiger partial charge in [-0.1, -0.05) is 262 Å². The van der Waals surface area contributed by atoms with E-state index in [-0.39, 0.29) is 18.9 Å². The quantitative estimate of drug-likeness (QED) is 0.0199. The van der Waals surface area contributed by atoms with Gasteiger partial charge in [0.05, 0.1) is 38.6 Å². The third-order valence-electron chi connectivity index (χ3n) is 18.7. The molecule has 12 N–H and O–H groups in total. The van der Waals surface area contributed by atoms with Crippen LogP contribution < -0.4 is 5.32 Å². The van der Waals surface area contributed by atoms with Crippen molar-refractivity contribution in [3.05, 3.63) is 36.5 Å². The number of hydrogen-bond donors (Lipinski definition) is 12. The van der Waals surface area contributed by atoms with Gasteiger partial charge in [-0.25, -0.2) is 0 Å². The molecule has 92 heavy (non-hydrogen) atoms. The van der Waals surface area contributed by atoms with E-state index in [1.54, 1.807) is 6.08 Å². The number of ether oxygens (including phenoxy) is 6. The second-order valence-electron chi connectivity index (χ2n) is 26.7. The molecule has 0 aromatic rings. The zero-order valence-electron chi connectivity index (χ0n) is 57.3. The zero-order chi connectivity index (χ0) is 66.8. The predicted molar refractivity (Wildman–Crippen MR) is 360 cm³/mol.